The third-order valence-corrected chi connectivity index (χ3v) is 2.14. The van der Waals surface area contributed by atoms with E-state index in [1.54, 1.807) is 0 Å². The van der Waals surface area contributed by atoms with Crippen LogP contribution < -0.4 is 14.8 Å². The van der Waals surface area contributed by atoms with Crippen molar-refractivity contribution in [3.63, 3.8) is 0 Å². The SMILES string of the molecule is COc1cc(OC(=O)[C@H](C)NC(C)=O)ccc1O. The monoisotopic (exact) mass is 253 g/mol. The van der Waals surface area contributed by atoms with Gasteiger partial charge in [0.15, 0.2) is 11.5 Å². The van der Waals surface area contributed by atoms with Crippen molar-refractivity contribution in [1.82, 2.24) is 5.32 Å². The second-order valence-corrected chi connectivity index (χ2v) is 3.68. The first kappa shape index (κ1) is 13.8. The molecule has 1 amide bonds. The highest BCUT2D eigenvalue weighted by Crippen LogP contribution is 2.29. The lowest BCUT2D eigenvalue weighted by Gasteiger charge is -2.12. The van der Waals surface area contributed by atoms with E-state index in [1.807, 2.05) is 0 Å². The number of amides is 1. The summed E-state index contributed by atoms with van der Waals surface area (Å²) in [5.74, 6) is -0.535. The maximum absolute atomic E-state index is 11.6. The van der Waals surface area contributed by atoms with Gasteiger partial charge in [0, 0.05) is 13.0 Å². The van der Waals surface area contributed by atoms with Crippen molar-refractivity contribution in [3.05, 3.63) is 18.2 Å². The van der Waals surface area contributed by atoms with E-state index in [0.717, 1.165) is 0 Å². The first-order chi connectivity index (χ1) is 8.43. The summed E-state index contributed by atoms with van der Waals surface area (Å²) in [6, 6.07) is 3.41. The molecule has 0 aliphatic carbocycles. The van der Waals surface area contributed by atoms with Crippen LogP contribution in [0.25, 0.3) is 0 Å². The van der Waals surface area contributed by atoms with Gasteiger partial charge < -0.3 is 19.9 Å². The molecule has 18 heavy (non-hydrogen) atoms. The number of carbonyl (C=O) groups is 2. The molecule has 0 aromatic heterocycles. The van der Waals surface area contributed by atoms with Crippen LogP contribution in [0.2, 0.25) is 0 Å². The van der Waals surface area contributed by atoms with Crippen LogP contribution in [0, 0.1) is 0 Å². The van der Waals surface area contributed by atoms with Gasteiger partial charge in [0.2, 0.25) is 5.91 Å². The average molecular weight is 253 g/mol. The van der Waals surface area contributed by atoms with Crippen molar-refractivity contribution < 1.29 is 24.2 Å². The molecule has 1 atom stereocenters. The maximum Gasteiger partial charge on any atom is 0.333 e. The molecule has 0 heterocycles. The Morgan fingerprint density at radius 2 is 2.06 bits per heavy atom. The summed E-state index contributed by atoms with van der Waals surface area (Å²) >= 11 is 0. The Morgan fingerprint density at radius 3 is 2.61 bits per heavy atom. The van der Waals surface area contributed by atoms with Gasteiger partial charge in [-0.25, -0.2) is 4.79 Å². The zero-order valence-corrected chi connectivity index (χ0v) is 10.4. The summed E-state index contributed by atoms with van der Waals surface area (Å²) in [5.41, 5.74) is 0. The highest BCUT2D eigenvalue weighted by Gasteiger charge is 2.16. The van der Waals surface area contributed by atoms with Crippen LogP contribution in [0.5, 0.6) is 17.2 Å². The van der Waals surface area contributed by atoms with Gasteiger partial charge >= 0.3 is 5.97 Å². The van der Waals surface area contributed by atoms with Gasteiger partial charge in [-0.1, -0.05) is 0 Å². The van der Waals surface area contributed by atoms with Crippen molar-refractivity contribution in [2.75, 3.05) is 7.11 Å². The fraction of sp³-hybridized carbons (Fsp3) is 0.333. The molecule has 0 fully saturated rings. The Hall–Kier alpha value is -2.24. The Morgan fingerprint density at radius 1 is 1.39 bits per heavy atom. The first-order valence-corrected chi connectivity index (χ1v) is 5.30. The molecule has 98 valence electrons. The lowest BCUT2D eigenvalue weighted by Crippen LogP contribution is -2.39. The highest BCUT2D eigenvalue weighted by atomic mass is 16.5. The van der Waals surface area contributed by atoms with E-state index in [2.05, 4.69) is 5.32 Å². The number of ether oxygens (including phenoxy) is 2. The molecule has 0 unspecified atom stereocenters. The molecule has 0 saturated carbocycles. The number of esters is 1. The second kappa shape index (κ2) is 5.90. The maximum atomic E-state index is 11.6. The number of benzene rings is 1. The predicted octanol–water partition coefficient (Wildman–Crippen LogP) is 0.831. The average Bonchev–Trinajstić information content (AvgIpc) is 2.30. The van der Waals surface area contributed by atoms with Gasteiger partial charge in [-0.2, -0.15) is 0 Å². The normalized spacial score (nSPS) is 11.5. The summed E-state index contributed by atoms with van der Waals surface area (Å²) in [4.78, 5) is 22.4. The quantitative estimate of drug-likeness (QED) is 0.613. The van der Waals surface area contributed by atoms with Gasteiger partial charge in [-0.15, -0.1) is 0 Å². The molecular weight excluding hydrogens is 238 g/mol. The highest BCUT2D eigenvalue weighted by molar-refractivity contribution is 5.84. The van der Waals surface area contributed by atoms with Crippen LogP contribution in [0.15, 0.2) is 18.2 Å². The van der Waals surface area contributed by atoms with Crippen molar-refractivity contribution in [2.45, 2.75) is 19.9 Å². The molecular formula is C12H15NO5. The molecule has 1 aromatic rings. The number of hydrogen-bond acceptors (Lipinski definition) is 5. The molecule has 0 radical (unpaired) electrons. The van der Waals surface area contributed by atoms with Crippen LogP contribution in [-0.2, 0) is 9.59 Å². The zero-order valence-electron chi connectivity index (χ0n) is 10.4. The van der Waals surface area contributed by atoms with Crippen LogP contribution in [0.1, 0.15) is 13.8 Å². The zero-order chi connectivity index (χ0) is 13.7. The van der Waals surface area contributed by atoms with E-state index < -0.39 is 12.0 Å². The van der Waals surface area contributed by atoms with Crippen molar-refractivity contribution in [2.24, 2.45) is 0 Å². The number of rotatable bonds is 4. The van der Waals surface area contributed by atoms with E-state index in [4.69, 9.17) is 9.47 Å². The van der Waals surface area contributed by atoms with E-state index in [0.29, 0.717) is 0 Å². The number of aromatic hydroxyl groups is 1. The van der Waals surface area contributed by atoms with Gasteiger partial charge in [-0.05, 0) is 19.1 Å². The number of carbonyl (C=O) groups excluding carboxylic acids is 2. The van der Waals surface area contributed by atoms with E-state index in [9.17, 15) is 14.7 Å². The second-order valence-electron chi connectivity index (χ2n) is 3.68. The molecule has 0 aliphatic rings. The van der Waals surface area contributed by atoms with Crippen LogP contribution >= 0.6 is 0 Å². The number of hydrogen-bond donors (Lipinski definition) is 2. The smallest absolute Gasteiger partial charge is 0.333 e. The number of methoxy groups -OCH3 is 1. The van der Waals surface area contributed by atoms with Gasteiger partial charge in [0.1, 0.15) is 11.8 Å². The Labute approximate surface area is 105 Å². The summed E-state index contributed by atoms with van der Waals surface area (Å²) < 4.78 is 9.91. The minimum atomic E-state index is -0.748. The molecule has 1 aromatic carbocycles. The van der Waals surface area contributed by atoms with E-state index in [-0.39, 0.29) is 23.2 Å². The van der Waals surface area contributed by atoms with Crippen molar-refractivity contribution in [1.29, 1.82) is 0 Å². The van der Waals surface area contributed by atoms with Gasteiger partial charge in [0.05, 0.1) is 7.11 Å². The first-order valence-electron chi connectivity index (χ1n) is 5.30. The van der Waals surface area contributed by atoms with E-state index >= 15 is 0 Å². The molecule has 1 rings (SSSR count). The third kappa shape index (κ3) is 3.65. The Kier molecular flexibility index (Phi) is 4.53. The molecule has 0 bridgehead atoms. The van der Waals surface area contributed by atoms with E-state index in [1.165, 1.54) is 39.2 Å². The predicted molar refractivity (Wildman–Crippen MR) is 63.6 cm³/mol. The van der Waals surface area contributed by atoms with Crippen LogP contribution in [-0.4, -0.2) is 30.1 Å². The van der Waals surface area contributed by atoms with Crippen LogP contribution in [0.3, 0.4) is 0 Å². The molecule has 6 heteroatoms. The Balaban J connectivity index is 2.72. The summed E-state index contributed by atoms with van der Waals surface area (Å²) in [6.07, 6.45) is 0. The van der Waals surface area contributed by atoms with Crippen LogP contribution in [0.4, 0.5) is 0 Å². The minimum Gasteiger partial charge on any atom is -0.504 e. The number of phenolic OH excluding ortho intramolecular Hbond substituents is 1. The molecule has 2 N–H and O–H groups in total. The lowest BCUT2D eigenvalue weighted by molar-refractivity contribution is -0.138. The van der Waals surface area contributed by atoms with Crippen molar-refractivity contribution in [3.8, 4) is 17.2 Å². The third-order valence-electron chi connectivity index (χ3n) is 2.14. The lowest BCUT2D eigenvalue weighted by atomic mass is 10.3. The number of nitrogens with one attached hydrogen (secondary N) is 1. The fourth-order valence-electron chi connectivity index (χ4n) is 1.29. The molecule has 6 nitrogen and oxygen atoms in total. The molecule has 0 spiro atoms. The minimum absolute atomic E-state index is 0.0489. The summed E-state index contributed by atoms with van der Waals surface area (Å²) in [7, 11) is 1.39. The summed E-state index contributed by atoms with van der Waals surface area (Å²) in [6.45, 7) is 2.83. The summed E-state index contributed by atoms with van der Waals surface area (Å²) in [5, 5.41) is 11.8. The topological polar surface area (TPSA) is 84.9 Å². The molecule has 0 aliphatic heterocycles. The van der Waals surface area contributed by atoms with Gasteiger partial charge in [0.25, 0.3) is 0 Å². The van der Waals surface area contributed by atoms with Crippen molar-refractivity contribution >= 4 is 11.9 Å². The number of phenols is 1. The largest absolute Gasteiger partial charge is 0.504 e. The standard InChI is InChI=1S/C12H15NO5/c1-7(13-8(2)14)12(16)18-9-4-5-10(15)11(6-9)17-3/h4-7,15H,1-3H3,(H,13,14)/t7-/m0/s1. The van der Waals surface area contributed by atoms with Gasteiger partial charge in [-0.3, -0.25) is 4.79 Å². The molecule has 0 saturated heterocycles. The fourth-order valence-corrected chi connectivity index (χ4v) is 1.29. The Bertz CT molecular complexity index is 458.